The van der Waals surface area contributed by atoms with Gasteiger partial charge in [0.05, 0.1) is 6.07 Å². The number of carbonyl (C=O) groups is 1. The molecule has 3 heteroatoms. The van der Waals surface area contributed by atoms with E-state index >= 15 is 0 Å². The number of amides is 1. The zero-order valence-electron chi connectivity index (χ0n) is 10.8. The van der Waals surface area contributed by atoms with E-state index in [1.54, 1.807) is 13.8 Å². The minimum atomic E-state index is -1.00. The fraction of sp³-hybridized carbons (Fsp3) is 0.429. The van der Waals surface area contributed by atoms with Crippen LogP contribution < -0.4 is 5.32 Å². The quantitative estimate of drug-likeness (QED) is 0.867. The van der Waals surface area contributed by atoms with Crippen LogP contribution in [0.2, 0.25) is 0 Å². The van der Waals surface area contributed by atoms with Crippen molar-refractivity contribution in [1.29, 1.82) is 5.26 Å². The van der Waals surface area contributed by atoms with Crippen LogP contribution in [0, 0.1) is 23.7 Å². The molecule has 0 aromatic heterocycles. The van der Waals surface area contributed by atoms with Gasteiger partial charge in [0, 0.05) is 5.69 Å². The Balaban J connectivity index is 2.91. The number of hydrogen-bond donors (Lipinski definition) is 1. The molecular formula is C14H18N2O. The molecule has 0 radical (unpaired) electrons. The normalized spacial score (nSPS) is 10.8. The third-order valence-electron chi connectivity index (χ3n) is 2.84. The zero-order chi connectivity index (χ0) is 13.1. The molecule has 0 aliphatic heterocycles. The van der Waals surface area contributed by atoms with Gasteiger partial charge in [0.15, 0.2) is 0 Å². The summed E-state index contributed by atoms with van der Waals surface area (Å²) < 4.78 is 0. The summed E-state index contributed by atoms with van der Waals surface area (Å²) in [5.74, 6) is -0.272. The maximum absolute atomic E-state index is 11.8. The molecule has 0 bridgehead atoms. The Morgan fingerprint density at radius 1 is 1.47 bits per heavy atom. The van der Waals surface area contributed by atoms with Crippen molar-refractivity contribution >= 4 is 11.6 Å². The summed E-state index contributed by atoms with van der Waals surface area (Å²) in [5, 5.41) is 11.7. The maximum Gasteiger partial charge on any atom is 0.244 e. The predicted molar refractivity (Wildman–Crippen MR) is 68.6 cm³/mol. The SMILES string of the molecule is CCc1cc(NC(=O)C(C)(C)C#N)ccc1C. The standard InChI is InChI=1S/C14H18N2O/c1-5-11-8-12(7-6-10(11)2)16-13(17)14(3,4)9-15/h6-8H,5H2,1-4H3,(H,16,17). The Bertz CT molecular complexity index is 470. The van der Waals surface area contributed by atoms with E-state index in [1.165, 1.54) is 11.1 Å². The van der Waals surface area contributed by atoms with Gasteiger partial charge in [-0.25, -0.2) is 0 Å². The van der Waals surface area contributed by atoms with E-state index in [-0.39, 0.29) is 5.91 Å². The molecule has 1 N–H and O–H groups in total. The molecule has 0 aliphatic carbocycles. The van der Waals surface area contributed by atoms with E-state index < -0.39 is 5.41 Å². The number of nitrogens with one attached hydrogen (secondary N) is 1. The van der Waals surface area contributed by atoms with Gasteiger partial charge in [-0.05, 0) is 50.5 Å². The van der Waals surface area contributed by atoms with Crippen molar-refractivity contribution in [2.75, 3.05) is 5.32 Å². The molecule has 0 aliphatic rings. The van der Waals surface area contributed by atoms with Gasteiger partial charge in [-0.15, -0.1) is 0 Å². The first-order valence-corrected chi connectivity index (χ1v) is 5.73. The number of nitrogens with zero attached hydrogens (tertiary/aromatic N) is 1. The molecule has 90 valence electrons. The zero-order valence-corrected chi connectivity index (χ0v) is 10.8. The first-order valence-electron chi connectivity index (χ1n) is 5.73. The van der Waals surface area contributed by atoms with E-state index in [4.69, 9.17) is 5.26 Å². The van der Waals surface area contributed by atoms with Crippen LogP contribution in [0.25, 0.3) is 0 Å². The van der Waals surface area contributed by atoms with Gasteiger partial charge in [-0.2, -0.15) is 5.26 Å². The van der Waals surface area contributed by atoms with Crippen molar-refractivity contribution in [2.24, 2.45) is 5.41 Å². The van der Waals surface area contributed by atoms with Crippen molar-refractivity contribution in [1.82, 2.24) is 0 Å². The Morgan fingerprint density at radius 3 is 2.65 bits per heavy atom. The minimum absolute atomic E-state index is 0.272. The molecule has 1 aromatic rings. The van der Waals surface area contributed by atoms with Gasteiger partial charge in [0.25, 0.3) is 0 Å². The monoisotopic (exact) mass is 230 g/mol. The van der Waals surface area contributed by atoms with Gasteiger partial charge in [-0.3, -0.25) is 4.79 Å². The summed E-state index contributed by atoms with van der Waals surface area (Å²) in [6, 6.07) is 7.79. The highest BCUT2D eigenvalue weighted by Crippen LogP contribution is 2.20. The number of aryl methyl sites for hydroxylation is 2. The van der Waals surface area contributed by atoms with Crippen LogP contribution in [0.5, 0.6) is 0 Å². The highest BCUT2D eigenvalue weighted by atomic mass is 16.2. The molecule has 17 heavy (non-hydrogen) atoms. The van der Waals surface area contributed by atoms with Gasteiger partial charge < -0.3 is 5.32 Å². The molecule has 0 spiro atoms. The summed E-state index contributed by atoms with van der Waals surface area (Å²) in [6.07, 6.45) is 0.928. The van der Waals surface area contributed by atoms with Crippen LogP contribution in [0.1, 0.15) is 31.9 Å². The van der Waals surface area contributed by atoms with Crippen molar-refractivity contribution in [3.63, 3.8) is 0 Å². The lowest BCUT2D eigenvalue weighted by Gasteiger charge is -2.16. The van der Waals surface area contributed by atoms with Crippen molar-refractivity contribution in [3.05, 3.63) is 29.3 Å². The molecule has 1 aromatic carbocycles. The number of nitriles is 1. The molecule has 0 saturated heterocycles. The lowest BCUT2D eigenvalue weighted by molar-refractivity contribution is -0.121. The van der Waals surface area contributed by atoms with Gasteiger partial charge >= 0.3 is 0 Å². The highest BCUT2D eigenvalue weighted by Gasteiger charge is 2.27. The smallest absolute Gasteiger partial charge is 0.244 e. The predicted octanol–water partition coefficient (Wildman–Crippen LogP) is 3.05. The number of rotatable bonds is 3. The van der Waals surface area contributed by atoms with Crippen LogP contribution in [0.3, 0.4) is 0 Å². The fourth-order valence-corrected chi connectivity index (χ4v) is 1.47. The molecule has 0 heterocycles. The van der Waals surface area contributed by atoms with E-state index in [1.807, 2.05) is 31.2 Å². The maximum atomic E-state index is 11.8. The number of carbonyl (C=O) groups excluding carboxylic acids is 1. The van der Waals surface area contributed by atoms with Crippen LogP contribution in [-0.4, -0.2) is 5.91 Å². The summed E-state index contributed by atoms with van der Waals surface area (Å²) in [6.45, 7) is 7.34. The van der Waals surface area contributed by atoms with Crippen molar-refractivity contribution in [2.45, 2.75) is 34.1 Å². The molecule has 0 unspecified atom stereocenters. The van der Waals surface area contributed by atoms with E-state index in [2.05, 4.69) is 12.2 Å². The Hall–Kier alpha value is -1.82. The summed E-state index contributed by atoms with van der Waals surface area (Å²) >= 11 is 0. The lowest BCUT2D eigenvalue weighted by Crippen LogP contribution is -2.29. The second-order valence-corrected chi connectivity index (χ2v) is 4.69. The van der Waals surface area contributed by atoms with E-state index in [0.29, 0.717) is 0 Å². The molecule has 3 nitrogen and oxygen atoms in total. The van der Waals surface area contributed by atoms with Crippen molar-refractivity contribution < 1.29 is 4.79 Å². The minimum Gasteiger partial charge on any atom is -0.325 e. The average Bonchev–Trinajstić information content (AvgIpc) is 2.31. The first-order chi connectivity index (χ1) is 7.90. The Kier molecular flexibility index (Phi) is 3.90. The van der Waals surface area contributed by atoms with Crippen molar-refractivity contribution in [3.8, 4) is 6.07 Å². The number of anilines is 1. The lowest BCUT2D eigenvalue weighted by atomic mass is 9.94. The van der Waals surface area contributed by atoms with Crippen LogP contribution in [0.4, 0.5) is 5.69 Å². The Labute approximate surface area is 102 Å². The molecule has 0 saturated carbocycles. The van der Waals surface area contributed by atoms with Crippen LogP contribution in [0.15, 0.2) is 18.2 Å². The van der Waals surface area contributed by atoms with Crippen LogP contribution in [-0.2, 0) is 11.2 Å². The third kappa shape index (κ3) is 3.07. The molecular weight excluding hydrogens is 212 g/mol. The van der Waals surface area contributed by atoms with Gasteiger partial charge in [0.1, 0.15) is 5.41 Å². The number of benzene rings is 1. The largest absolute Gasteiger partial charge is 0.325 e. The average molecular weight is 230 g/mol. The summed E-state index contributed by atoms with van der Waals surface area (Å²) in [5.41, 5.74) is 2.17. The van der Waals surface area contributed by atoms with E-state index in [0.717, 1.165) is 12.1 Å². The second-order valence-electron chi connectivity index (χ2n) is 4.69. The summed E-state index contributed by atoms with van der Waals surface area (Å²) in [7, 11) is 0. The molecule has 0 fully saturated rings. The number of hydrogen-bond acceptors (Lipinski definition) is 2. The molecule has 1 amide bonds. The van der Waals surface area contributed by atoms with Crippen LogP contribution >= 0.6 is 0 Å². The molecule has 1 rings (SSSR count). The van der Waals surface area contributed by atoms with E-state index in [9.17, 15) is 4.79 Å². The van der Waals surface area contributed by atoms with Gasteiger partial charge in [-0.1, -0.05) is 13.0 Å². The fourth-order valence-electron chi connectivity index (χ4n) is 1.47. The molecule has 0 atom stereocenters. The Morgan fingerprint density at radius 2 is 2.12 bits per heavy atom. The first kappa shape index (κ1) is 13.2. The highest BCUT2D eigenvalue weighted by molar-refractivity contribution is 5.96. The third-order valence-corrected chi connectivity index (χ3v) is 2.84. The van der Waals surface area contributed by atoms with Gasteiger partial charge in [0.2, 0.25) is 5.91 Å². The topological polar surface area (TPSA) is 52.9 Å². The second kappa shape index (κ2) is 5.01. The summed E-state index contributed by atoms with van der Waals surface area (Å²) in [4.78, 5) is 11.8.